The quantitative estimate of drug-likeness (QED) is 0.365. The molecule has 3 heterocycles. The molecule has 0 bridgehead atoms. The number of hydrogen-bond donors (Lipinski definition) is 0. The van der Waals surface area contributed by atoms with E-state index in [4.69, 9.17) is 9.15 Å². The largest absolute Gasteiger partial charge is 0.460 e. The monoisotopic (exact) mass is 406 g/mol. The van der Waals surface area contributed by atoms with Gasteiger partial charge < -0.3 is 9.15 Å². The van der Waals surface area contributed by atoms with E-state index >= 15 is 0 Å². The molecule has 0 spiro atoms. The first-order valence-electron chi connectivity index (χ1n) is 9.04. The van der Waals surface area contributed by atoms with E-state index in [2.05, 4.69) is 9.97 Å². The first kappa shape index (κ1) is 19.0. The number of rotatable bonds is 5. The number of pyridine rings is 1. The van der Waals surface area contributed by atoms with Crippen LogP contribution in [0.1, 0.15) is 22.4 Å². The highest BCUT2D eigenvalue weighted by atomic mass is 32.1. The van der Waals surface area contributed by atoms with Crippen LogP contribution in [0.2, 0.25) is 0 Å². The summed E-state index contributed by atoms with van der Waals surface area (Å²) >= 11 is 1.45. The standard InChI is InChI=1S/C22H18N2O4S/c1-13-5-6-18-16(8-20(26)28-21(18)14(13)2)11-27-19(25)9-17-12-29-22(24-17)15-4-3-7-23-10-15/h3-8,10,12H,9,11H2,1-2H3. The summed E-state index contributed by atoms with van der Waals surface area (Å²) in [6.45, 7) is 3.86. The Kier molecular flexibility index (Phi) is 5.22. The zero-order valence-corrected chi connectivity index (χ0v) is 16.8. The summed E-state index contributed by atoms with van der Waals surface area (Å²) in [6, 6.07) is 8.97. The number of aromatic nitrogens is 2. The Morgan fingerprint density at radius 1 is 1.24 bits per heavy atom. The van der Waals surface area contributed by atoms with E-state index in [9.17, 15) is 9.59 Å². The molecule has 4 aromatic rings. The molecule has 29 heavy (non-hydrogen) atoms. The van der Waals surface area contributed by atoms with Crippen LogP contribution in [0.3, 0.4) is 0 Å². The summed E-state index contributed by atoms with van der Waals surface area (Å²) in [4.78, 5) is 32.8. The highest BCUT2D eigenvalue weighted by Gasteiger charge is 2.13. The molecule has 0 saturated carbocycles. The fraction of sp³-hybridized carbons (Fsp3) is 0.182. The van der Waals surface area contributed by atoms with Crippen LogP contribution in [0.25, 0.3) is 21.5 Å². The molecule has 0 amide bonds. The van der Waals surface area contributed by atoms with Gasteiger partial charge in [-0.25, -0.2) is 9.78 Å². The van der Waals surface area contributed by atoms with Crippen LogP contribution in [-0.2, 0) is 22.6 Å². The number of hydrogen-bond acceptors (Lipinski definition) is 7. The second-order valence-electron chi connectivity index (χ2n) is 6.70. The van der Waals surface area contributed by atoms with Crippen molar-refractivity contribution in [3.8, 4) is 10.6 Å². The summed E-state index contributed by atoms with van der Waals surface area (Å²) in [5.74, 6) is -0.404. The predicted octanol–water partition coefficient (Wildman–Crippen LogP) is 4.21. The number of esters is 1. The summed E-state index contributed by atoms with van der Waals surface area (Å²) in [5.41, 5.74) is 4.18. The molecule has 4 rings (SSSR count). The maximum atomic E-state index is 12.3. The molecule has 0 N–H and O–H groups in total. The summed E-state index contributed by atoms with van der Waals surface area (Å²) in [7, 11) is 0. The van der Waals surface area contributed by atoms with Crippen molar-refractivity contribution in [2.45, 2.75) is 26.9 Å². The number of benzene rings is 1. The molecular weight excluding hydrogens is 388 g/mol. The van der Waals surface area contributed by atoms with Crippen LogP contribution < -0.4 is 5.63 Å². The average Bonchev–Trinajstić information content (AvgIpc) is 3.18. The van der Waals surface area contributed by atoms with E-state index in [1.807, 2.05) is 43.5 Å². The Morgan fingerprint density at radius 2 is 2.10 bits per heavy atom. The highest BCUT2D eigenvalue weighted by Crippen LogP contribution is 2.25. The summed E-state index contributed by atoms with van der Waals surface area (Å²) < 4.78 is 10.8. The van der Waals surface area contributed by atoms with Gasteiger partial charge in [-0.05, 0) is 37.1 Å². The van der Waals surface area contributed by atoms with Gasteiger partial charge in [0.15, 0.2) is 0 Å². The normalized spacial score (nSPS) is 11.0. The fourth-order valence-corrected chi connectivity index (χ4v) is 3.82. The molecule has 3 aromatic heterocycles. The lowest BCUT2D eigenvalue weighted by molar-refractivity contribution is -0.144. The van der Waals surface area contributed by atoms with Crippen molar-refractivity contribution in [1.29, 1.82) is 0 Å². The van der Waals surface area contributed by atoms with Crippen LogP contribution in [0, 0.1) is 13.8 Å². The van der Waals surface area contributed by atoms with Gasteiger partial charge in [0.1, 0.15) is 17.2 Å². The van der Waals surface area contributed by atoms with Gasteiger partial charge in [0.05, 0.1) is 12.1 Å². The topological polar surface area (TPSA) is 82.3 Å². The van der Waals surface area contributed by atoms with Gasteiger partial charge in [-0.15, -0.1) is 11.3 Å². The number of thiazole rings is 1. The van der Waals surface area contributed by atoms with E-state index in [0.29, 0.717) is 16.8 Å². The predicted molar refractivity (Wildman–Crippen MR) is 111 cm³/mol. The van der Waals surface area contributed by atoms with Gasteiger partial charge in [-0.3, -0.25) is 9.78 Å². The second kappa shape index (κ2) is 7.97. The number of aryl methyl sites for hydroxylation is 2. The molecule has 0 unspecified atom stereocenters. The van der Waals surface area contributed by atoms with E-state index in [1.165, 1.54) is 17.4 Å². The van der Waals surface area contributed by atoms with Gasteiger partial charge >= 0.3 is 11.6 Å². The van der Waals surface area contributed by atoms with Gasteiger partial charge in [0.2, 0.25) is 0 Å². The van der Waals surface area contributed by atoms with Crippen LogP contribution >= 0.6 is 11.3 Å². The fourth-order valence-electron chi connectivity index (χ4n) is 3.01. The average molecular weight is 406 g/mol. The molecule has 0 aliphatic rings. The van der Waals surface area contributed by atoms with Gasteiger partial charge in [-0.2, -0.15) is 0 Å². The van der Waals surface area contributed by atoms with Gasteiger partial charge in [0.25, 0.3) is 0 Å². The zero-order valence-electron chi connectivity index (χ0n) is 16.0. The van der Waals surface area contributed by atoms with Crippen molar-refractivity contribution in [2.24, 2.45) is 0 Å². The Hall–Kier alpha value is -3.32. The molecule has 0 aliphatic heterocycles. The lowest BCUT2D eigenvalue weighted by Crippen LogP contribution is -2.10. The van der Waals surface area contributed by atoms with Crippen LogP contribution in [0.15, 0.2) is 57.3 Å². The minimum Gasteiger partial charge on any atom is -0.460 e. The van der Waals surface area contributed by atoms with Crippen LogP contribution in [-0.4, -0.2) is 15.9 Å². The molecule has 6 nitrogen and oxygen atoms in total. The SMILES string of the molecule is Cc1ccc2c(COC(=O)Cc3csc(-c4cccnc4)n3)cc(=O)oc2c1C. The summed E-state index contributed by atoms with van der Waals surface area (Å²) in [5, 5.41) is 3.41. The Bertz CT molecular complexity index is 1240. The molecule has 7 heteroatoms. The maximum Gasteiger partial charge on any atom is 0.336 e. The van der Waals surface area contributed by atoms with E-state index in [0.717, 1.165) is 27.1 Å². The molecule has 0 aliphatic carbocycles. The van der Waals surface area contributed by atoms with Crippen molar-refractivity contribution in [1.82, 2.24) is 9.97 Å². The van der Waals surface area contributed by atoms with Crippen LogP contribution in [0.4, 0.5) is 0 Å². The third-order valence-corrected chi connectivity index (χ3v) is 5.63. The first-order valence-corrected chi connectivity index (χ1v) is 9.92. The second-order valence-corrected chi connectivity index (χ2v) is 7.56. The summed E-state index contributed by atoms with van der Waals surface area (Å²) in [6.07, 6.45) is 3.50. The van der Waals surface area contributed by atoms with Crippen molar-refractivity contribution in [3.63, 3.8) is 0 Å². The molecule has 0 radical (unpaired) electrons. The molecule has 0 saturated heterocycles. The van der Waals surface area contributed by atoms with Crippen molar-refractivity contribution >= 4 is 28.3 Å². The molecule has 1 aromatic carbocycles. The molecular formula is C22H18N2O4S. The lowest BCUT2D eigenvalue weighted by atomic mass is 10.0. The van der Waals surface area contributed by atoms with E-state index < -0.39 is 11.6 Å². The zero-order chi connectivity index (χ0) is 20.4. The first-order chi connectivity index (χ1) is 14.0. The Balaban J connectivity index is 1.47. The van der Waals surface area contributed by atoms with Crippen molar-refractivity contribution in [3.05, 3.63) is 80.9 Å². The van der Waals surface area contributed by atoms with E-state index in [-0.39, 0.29) is 13.0 Å². The Labute approximate surface area is 170 Å². The smallest absolute Gasteiger partial charge is 0.336 e. The highest BCUT2D eigenvalue weighted by molar-refractivity contribution is 7.13. The maximum absolute atomic E-state index is 12.3. The number of ether oxygens (including phenoxy) is 1. The molecule has 0 atom stereocenters. The number of nitrogens with zero attached hydrogens (tertiary/aromatic N) is 2. The number of carbonyl (C=O) groups excluding carboxylic acids is 1. The molecule has 146 valence electrons. The lowest BCUT2D eigenvalue weighted by Gasteiger charge is -2.09. The van der Waals surface area contributed by atoms with Crippen LogP contribution in [0.5, 0.6) is 0 Å². The third-order valence-electron chi connectivity index (χ3n) is 4.69. The molecule has 0 fully saturated rings. The Morgan fingerprint density at radius 3 is 2.90 bits per heavy atom. The minimum atomic E-state index is -0.460. The van der Waals surface area contributed by atoms with Crippen molar-refractivity contribution < 1.29 is 13.9 Å². The number of fused-ring (bicyclic) bond motifs is 1. The van der Waals surface area contributed by atoms with Gasteiger partial charge in [-0.1, -0.05) is 12.1 Å². The third kappa shape index (κ3) is 4.09. The van der Waals surface area contributed by atoms with Gasteiger partial charge in [0, 0.05) is 40.4 Å². The minimum absolute atomic E-state index is 0.00301. The van der Waals surface area contributed by atoms with Crippen molar-refractivity contribution in [2.75, 3.05) is 0 Å². The number of carbonyl (C=O) groups is 1. The van der Waals surface area contributed by atoms with E-state index in [1.54, 1.807) is 12.4 Å².